The Balaban J connectivity index is 3.25. The van der Waals surface area contributed by atoms with Gasteiger partial charge in [0.1, 0.15) is 0 Å². The van der Waals surface area contributed by atoms with Crippen molar-refractivity contribution in [1.82, 2.24) is 4.98 Å². The molecule has 1 aromatic heterocycles. The fourth-order valence-electron chi connectivity index (χ4n) is 1.67. The highest BCUT2D eigenvalue weighted by Gasteiger charge is 2.05. The lowest BCUT2D eigenvalue weighted by atomic mass is 9.95. The van der Waals surface area contributed by atoms with E-state index in [4.69, 9.17) is 0 Å². The smallest absolute Gasteiger partial charge is 0.0378 e. The van der Waals surface area contributed by atoms with Crippen molar-refractivity contribution in [1.29, 1.82) is 0 Å². The predicted octanol–water partition coefficient (Wildman–Crippen LogP) is 4.54. The third-order valence-electron chi connectivity index (χ3n) is 2.77. The van der Waals surface area contributed by atoms with Gasteiger partial charge in [-0.3, -0.25) is 4.98 Å². The van der Waals surface area contributed by atoms with Crippen LogP contribution in [0.1, 0.15) is 45.4 Å². The molecule has 86 valence electrons. The number of hydrogen-bond acceptors (Lipinski definition) is 1. The van der Waals surface area contributed by atoms with Gasteiger partial charge in [-0.25, -0.2) is 0 Å². The van der Waals surface area contributed by atoms with E-state index in [-0.39, 0.29) is 0 Å². The van der Waals surface area contributed by atoms with Crippen molar-refractivity contribution in [2.45, 2.75) is 41.0 Å². The van der Waals surface area contributed by atoms with E-state index in [1.807, 2.05) is 13.1 Å². The van der Waals surface area contributed by atoms with E-state index in [1.165, 1.54) is 22.3 Å². The van der Waals surface area contributed by atoms with E-state index in [1.54, 1.807) is 0 Å². The van der Waals surface area contributed by atoms with Crippen LogP contribution in [-0.4, -0.2) is 4.98 Å². The highest BCUT2D eigenvalue weighted by atomic mass is 14.6. The molecule has 16 heavy (non-hydrogen) atoms. The SMILES string of the molecule is CC/C=C(\C(C)=C(C)C)c1ccnc(C)c1. The van der Waals surface area contributed by atoms with Crippen molar-refractivity contribution < 1.29 is 0 Å². The molecule has 1 rings (SSSR count). The average molecular weight is 215 g/mol. The van der Waals surface area contributed by atoms with Gasteiger partial charge in [0.05, 0.1) is 0 Å². The second kappa shape index (κ2) is 5.64. The first-order chi connectivity index (χ1) is 7.56. The van der Waals surface area contributed by atoms with Crippen LogP contribution in [0.5, 0.6) is 0 Å². The van der Waals surface area contributed by atoms with Gasteiger partial charge in [0, 0.05) is 11.9 Å². The molecule has 0 saturated carbocycles. The zero-order valence-electron chi connectivity index (χ0n) is 11.0. The fraction of sp³-hybridized carbons (Fsp3) is 0.400. The second-order valence-corrected chi connectivity index (χ2v) is 4.34. The zero-order chi connectivity index (χ0) is 12.1. The lowest BCUT2D eigenvalue weighted by Crippen LogP contribution is -1.91. The summed E-state index contributed by atoms with van der Waals surface area (Å²) in [4.78, 5) is 4.24. The molecule has 0 bridgehead atoms. The van der Waals surface area contributed by atoms with Crippen LogP contribution in [-0.2, 0) is 0 Å². The van der Waals surface area contributed by atoms with Crippen LogP contribution >= 0.6 is 0 Å². The van der Waals surface area contributed by atoms with Gasteiger partial charge in [-0.2, -0.15) is 0 Å². The van der Waals surface area contributed by atoms with Crippen molar-refractivity contribution in [3.63, 3.8) is 0 Å². The van der Waals surface area contributed by atoms with Crippen LogP contribution in [0.25, 0.3) is 5.57 Å². The summed E-state index contributed by atoms with van der Waals surface area (Å²) in [5.74, 6) is 0. The van der Waals surface area contributed by atoms with Gasteiger partial charge >= 0.3 is 0 Å². The molecule has 0 saturated heterocycles. The molecule has 0 spiro atoms. The summed E-state index contributed by atoms with van der Waals surface area (Å²) >= 11 is 0. The molecule has 0 aliphatic rings. The van der Waals surface area contributed by atoms with Gasteiger partial charge in [-0.15, -0.1) is 0 Å². The summed E-state index contributed by atoms with van der Waals surface area (Å²) in [5.41, 5.74) is 6.42. The number of rotatable bonds is 3. The first-order valence-corrected chi connectivity index (χ1v) is 5.84. The summed E-state index contributed by atoms with van der Waals surface area (Å²) in [5, 5.41) is 0. The van der Waals surface area contributed by atoms with Gasteiger partial charge in [0.2, 0.25) is 0 Å². The van der Waals surface area contributed by atoms with Crippen molar-refractivity contribution in [3.05, 3.63) is 46.8 Å². The maximum Gasteiger partial charge on any atom is 0.0378 e. The first kappa shape index (κ1) is 12.7. The highest BCUT2D eigenvalue weighted by Crippen LogP contribution is 2.25. The Kier molecular flexibility index (Phi) is 4.48. The third-order valence-corrected chi connectivity index (χ3v) is 2.77. The Bertz CT molecular complexity index is 421. The topological polar surface area (TPSA) is 12.9 Å². The number of pyridine rings is 1. The Hall–Kier alpha value is -1.37. The minimum absolute atomic E-state index is 1.06. The number of hydrogen-bond donors (Lipinski definition) is 0. The Morgan fingerprint density at radius 3 is 2.50 bits per heavy atom. The van der Waals surface area contributed by atoms with Crippen LogP contribution in [0.2, 0.25) is 0 Å². The lowest BCUT2D eigenvalue weighted by Gasteiger charge is -2.11. The van der Waals surface area contributed by atoms with E-state index < -0.39 is 0 Å². The summed E-state index contributed by atoms with van der Waals surface area (Å²) in [6.07, 6.45) is 5.23. The number of nitrogens with zero attached hydrogens (tertiary/aromatic N) is 1. The molecule has 1 nitrogen and oxygen atoms in total. The van der Waals surface area contributed by atoms with Crippen LogP contribution in [0, 0.1) is 6.92 Å². The Morgan fingerprint density at radius 2 is 2.00 bits per heavy atom. The Labute approximate surface area is 98.9 Å². The molecule has 0 aliphatic carbocycles. The Morgan fingerprint density at radius 1 is 1.31 bits per heavy atom. The molecule has 1 heteroatoms. The van der Waals surface area contributed by atoms with E-state index in [9.17, 15) is 0 Å². The number of aryl methyl sites for hydroxylation is 1. The normalized spacial score (nSPS) is 11.4. The van der Waals surface area contributed by atoms with Crippen molar-refractivity contribution >= 4 is 5.57 Å². The van der Waals surface area contributed by atoms with Crippen LogP contribution < -0.4 is 0 Å². The summed E-state index contributed by atoms with van der Waals surface area (Å²) in [6.45, 7) is 10.7. The maximum absolute atomic E-state index is 4.24. The molecule has 0 atom stereocenters. The van der Waals surface area contributed by atoms with Crippen LogP contribution in [0.3, 0.4) is 0 Å². The highest BCUT2D eigenvalue weighted by molar-refractivity contribution is 5.79. The van der Waals surface area contributed by atoms with Crippen molar-refractivity contribution in [2.75, 3.05) is 0 Å². The molecule has 1 heterocycles. The van der Waals surface area contributed by atoms with Crippen molar-refractivity contribution in [3.8, 4) is 0 Å². The van der Waals surface area contributed by atoms with Gasteiger partial charge in [-0.05, 0) is 63.0 Å². The first-order valence-electron chi connectivity index (χ1n) is 5.84. The standard InChI is InChI=1S/C15H21N/c1-6-7-15(13(5)11(2)3)14-8-9-16-12(4)10-14/h7-10H,6H2,1-5H3/b15-7+. The molecule has 0 unspecified atom stereocenters. The third kappa shape index (κ3) is 3.06. The molecule has 0 aromatic carbocycles. The molecule has 1 aromatic rings. The van der Waals surface area contributed by atoms with E-state index in [0.717, 1.165) is 12.1 Å². The minimum atomic E-state index is 1.06. The zero-order valence-corrected chi connectivity index (χ0v) is 11.0. The minimum Gasteiger partial charge on any atom is -0.262 e. The average Bonchev–Trinajstić information content (AvgIpc) is 2.24. The van der Waals surface area contributed by atoms with Crippen molar-refractivity contribution in [2.24, 2.45) is 0 Å². The molecule has 0 radical (unpaired) electrons. The summed E-state index contributed by atoms with van der Waals surface area (Å²) in [7, 11) is 0. The van der Waals surface area contributed by atoms with Gasteiger partial charge in [0.15, 0.2) is 0 Å². The van der Waals surface area contributed by atoms with Crippen LogP contribution in [0.15, 0.2) is 35.6 Å². The van der Waals surface area contributed by atoms with E-state index in [2.05, 4.69) is 50.9 Å². The predicted molar refractivity (Wildman–Crippen MR) is 71.3 cm³/mol. The largest absolute Gasteiger partial charge is 0.262 e. The van der Waals surface area contributed by atoms with Gasteiger partial charge < -0.3 is 0 Å². The summed E-state index contributed by atoms with van der Waals surface area (Å²) in [6, 6.07) is 4.23. The quantitative estimate of drug-likeness (QED) is 0.674. The molecule has 0 aliphatic heterocycles. The van der Waals surface area contributed by atoms with Gasteiger partial charge in [-0.1, -0.05) is 18.6 Å². The molecular formula is C15H21N. The van der Waals surface area contributed by atoms with Gasteiger partial charge in [0.25, 0.3) is 0 Å². The monoisotopic (exact) mass is 215 g/mol. The lowest BCUT2D eigenvalue weighted by molar-refractivity contribution is 1.18. The summed E-state index contributed by atoms with van der Waals surface area (Å²) < 4.78 is 0. The molecule has 0 amide bonds. The molecule has 0 fully saturated rings. The molecular weight excluding hydrogens is 194 g/mol. The van der Waals surface area contributed by atoms with E-state index >= 15 is 0 Å². The number of allylic oxidation sites excluding steroid dienone is 4. The number of aromatic nitrogens is 1. The second-order valence-electron chi connectivity index (χ2n) is 4.34. The maximum atomic E-state index is 4.24. The fourth-order valence-corrected chi connectivity index (χ4v) is 1.67. The molecule has 0 N–H and O–H groups in total. The van der Waals surface area contributed by atoms with Crippen LogP contribution in [0.4, 0.5) is 0 Å². The van der Waals surface area contributed by atoms with E-state index in [0.29, 0.717) is 0 Å².